The van der Waals surface area contributed by atoms with Crippen LogP contribution < -0.4 is 5.32 Å². The van der Waals surface area contributed by atoms with Crippen LogP contribution in [0.4, 0.5) is 9.18 Å². The molecule has 1 aliphatic heterocycles. The van der Waals surface area contributed by atoms with Crippen molar-refractivity contribution in [3.63, 3.8) is 0 Å². The molecular weight excluding hydrogens is 463 g/mol. The predicted octanol–water partition coefficient (Wildman–Crippen LogP) is 4.56. The van der Waals surface area contributed by atoms with E-state index in [1.165, 1.54) is 12.1 Å². The number of aliphatic hydroxyl groups is 1. The normalized spacial score (nSPS) is 31.4. The maximum atomic E-state index is 13.6. The first-order valence-electron chi connectivity index (χ1n) is 12.6. The number of allylic oxidation sites excluding steroid dienone is 1. The number of carbonyl (C=O) groups is 2. The van der Waals surface area contributed by atoms with Crippen molar-refractivity contribution in [2.75, 3.05) is 6.61 Å². The SMILES string of the molecule is CCOC(=O)N[C@@H]1CC[C@@H]2[C@@H](C1)C[C@H]1C(=O)O[C@H](O)[C@H]1[C@H]2/C=C/c1ccc(-c2cccc(F)c2)cn1. The zero-order chi connectivity index (χ0) is 25.2. The number of benzene rings is 1. The van der Waals surface area contributed by atoms with Gasteiger partial charge in [0.15, 0.2) is 0 Å². The lowest BCUT2D eigenvalue weighted by atomic mass is 9.57. The largest absolute Gasteiger partial charge is 0.450 e. The zero-order valence-corrected chi connectivity index (χ0v) is 20.2. The summed E-state index contributed by atoms with van der Waals surface area (Å²) in [6, 6.07) is 10.2. The third-order valence-electron chi connectivity index (χ3n) is 7.90. The second-order valence-electron chi connectivity index (χ2n) is 9.96. The first-order chi connectivity index (χ1) is 17.4. The van der Waals surface area contributed by atoms with Crippen molar-refractivity contribution in [2.45, 2.75) is 44.9 Å². The number of carbonyl (C=O) groups excluding carboxylic acids is 2. The summed E-state index contributed by atoms with van der Waals surface area (Å²) in [6.07, 6.45) is 7.27. The number of aromatic nitrogens is 1. The van der Waals surface area contributed by atoms with Gasteiger partial charge in [-0.05, 0) is 80.2 Å². The fourth-order valence-corrected chi connectivity index (χ4v) is 6.32. The summed E-state index contributed by atoms with van der Waals surface area (Å²) in [4.78, 5) is 29.0. The number of halogens is 1. The molecule has 1 amide bonds. The van der Waals surface area contributed by atoms with Gasteiger partial charge in [0.2, 0.25) is 6.29 Å². The van der Waals surface area contributed by atoms with Crippen LogP contribution in [0.15, 0.2) is 48.7 Å². The monoisotopic (exact) mass is 494 g/mol. The van der Waals surface area contributed by atoms with Gasteiger partial charge in [0.1, 0.15) is 5.82 Å². The van der Waals surface area contributed by atoms with Gasteiger partial charge in [0, 0.05) is 23.7 Å². The topological polar surface area (TPSA) is 97.8 Å². The van der Waals surface area contributed by atoms with Crippen molar-refractivity contribution in [3.8, 4) is 11.1 Å². The summed E-state index contributed by atoms with van der Waals surface area (Å²) in [5, 5.41) is 13.5. The van der Waals surface area contributed by atoms with E-state index >= 15 is 0 Å². The van der Waals surface area contributed by atoms with Gasteiger partial charge in [-0.1, -0.05) is 24.3 Å². The number of hydrogen-bond donors (Lipinski definition) is 2. The first-order valence-corrected chi connectivity index (χ1v) is 12.6. The number of fused-ring (bicyclic) bond motifs is 2. The predicted molar refractivity (Wildman–Crippen MR) is 131 cm³/mol. The summed E-state index contributed by atoms with van der Waals surface area (Å²) in [6.45, 7) is 2.10. The quantitative estimate of drug-likeness (QED) is 0.592. The standard InChI is InChI=1S/C28H31FN2O5/c1-2-35-28(34)31-21-9-10-22-18(13-21)14-24-25(27(33)36-26(24)32)23(22)11-8-20-7-6-17(15-30-20)16-4-3-5-19(29)12-16/h3-8,11-12,15,18,21-25,27,33H,2,9-10,13-14H2,1H3,(H,31,34)/b11-8+/t18-,21+,22+,23-,24+,25-,27-/m0/s1. The highest BCUT2D eigenvalue weighted by Gasteiger charge is 2.55. The molecule has 2 aliphatic carbocycles. The summed E-state index contributed by atoms with van der Waals surface area (Å²) in [7, 11) is 0. The van der Waals surface area contributed by atoms with E-state index in [1.807, 2.05) is 24.3 Å². The molecule has 1 saturated heterocycles. The lowest BCUT2D eigenvalue weighted by Gasteiger charge is -2.47. The minimum absolute atomic E-state index is 0.00543. The average Bonchev–Trinajstić information content (AvgIpc) is 3.15. The molecule has 1 aromatic heterocycles. The summed E-state index contributed by atoms with van der Waals surface area (Å²) in [5.41, 5.74) is 2.32. The smallest absolute Gasteiger partial charge is 0.407 e. The molecule has 5 rings (SSSR count). The molecule has 0 unspecified atom stereocenters. The number of ether oxygens (including phenoxy) is 2. The Morgan fingerprint density at radius 2 is 2.11 bits per heavy atom. The second-order valence-corrected chi connectivity index (χ2v) is 9.96. The Labute approximate surface area is 209 Å². The van der Waals surface area contributed by atoms with Gasteiger partial charge >= 0.3 is 12.1 Å². The molecule has 2 saturated carbocycles. The number of rotatable bonds is 5. The molecule has 8 heteroatoms. The van der Waals surface area contributed by atoms with Gasteiger partial charge in [0.05, 0.1) is 18.2 Å². The van der Waals surface area contributed by atoms with Crippen molar-refractivity contribution in [2.24, 2.45) is 29.6 Å². The molecule has 0 radical (unpaired) electrons. The van der Waals surface area contributed by atoms with E-state index in [9.17, 15) is 19.1 Å². The number of amides is 1. The number of nitrogens with one attached hydrogen (secondary N) is 1. The molecule has 190 valence electrons. The summed E-state index contributed by atoms with van der Waals surface area (Å²) in [5.74, 6) is -0.860. The molecule has 7 atom stereocenters. The van der Waals surface area contributed by atoms with Crippen LogP contribution in [0.2, 0.25) is 0 Å². The summed E-state index contributed by atoms with van der Waals surface area (Å²) >= 11 is 0. The number of cyclic esters (lactones) is 1. The van der Waals surface area contributed by atoms with E-state index in [-0.39, 0.29) is 47.4 Å². The number of alkyl carbamates (subject to hydrolysis) is 1. The highest BCUT2D eigenvalue weighted by Crippen LogP contribution is 2.53. The molecule has 2 aromatic rings. The Morgan fingerprint density at radius 3 is 2.86 bits per heavy atom. The Bertz CT molecular complexity index is 1140. The number of nitrogens with zero attached hydrogens (tertiary/aromatic N) is 1. The van der Waals surface area contributed by atoms with Crippen LogP contribution in [0.5, 0.6) is 0 Å². The van der Waals surface area contributed by atoms with Gasteiger partial charge in [-0.15, -0.1) is 0 Å². The highest BCUT2D eigenvalue weighted by atomic mass is 19.1. The van der Waals surface area contributed by atoms with Crippen LogP contribution in [-0.2, 0) is 14.3 Å². The lowest BCUT2D eigenvalue weighted by molar-refractivity contribution is -0.157. The molecular formula is C28H31FN2O5. The maximum absolute atomic E-state index is 13.6. The molecule has 2 N–H and O–H groups in total. The Balaban J connectivity index is 1.34. The Morgan fingerprint density at radius 1 is 1.25 bits per heavy atom. The van der Waals surface area contributed by atoms with Gasteiger partial charge in [0.25, 0.3) is 0 Å². The number of pyridine rings is 1. The third-order valence-corrected chi connectivity index (χ3v) is 7.90. The van der Waals surface area contributed by atoms with E-state index in [1.54, 1.807) is 19.2 Å². The minimum Gasteiger partial charge on any atom is -0.450 e. The number of esters is 1. The third kappa shape index (κ3) is 5.00. The molecule has 0 bridgehead atoms. The molecule has 7 nitrogen and oxygen atoms in total. The molecule has 2 heterocycles. The van der Waals surface area contributed by atoms with Gasteiger partial charge in [-0.3, -0.25) is 9.78 Å². The van der Waals surface area contributed by atoms with Crippen LogP contribution in [0, 0.1) is 35.4 Å². The van der Waals surface area contributed by atoms with Gasteiger partial charge in [-0.2, -0.15) is 0 Å². The van der Waals surface area contributed by atoms with Gasteiger partial charge < -0.3 is 19.9 Å². The second kappa shape index (κ2) is 10.4. The van der Waals surface area contributed by atoms with Crippen LogP contribution in [-0.4, -0.2) is 41.1 Å². The Kier molecular flexibility index (Phi) is 7.05. The number of hydrogen-bond acceptors (Lipinski definition) is 6. The average molecular weight is 495 g/mol. The van der Waals surface area contributed by atoms with Crippen LogP contribution in [0.3, 0.4) is 0 Å². The van der Waals surface area contributed by atoms with Crippen molar-refractivity contribution in [1.82, 2.24) is 10.3 Å². The van der Waals surface area contributed by atoms with E-state index in [0.29, 0.717) is 13.0 Å². The molecule has 36 heavy (non-hydrogen) atoms. The molecule has 0 spiro atoms. The molecule has 3 aliphatic rings. The fraction of sp³-hybridized carbons (Fsp3) is 0.464. The molecule has 3 fully saturated rings. The van der Waals surface area contributed by atoms with Crippen molar-refractivity contribution in [3.05, 3.63) is 60.2 Å². The van der Waals surface area contributed by atoms with Crippen molar-refractivity contribution in [1.29, 1.82) is 0 Å². The summed E-state index contributed by atoms with van der Waals surface area (Å²) < 4.78 is 23.8. The first kappa shape index (κ1) is 24.4. The van der Waals surface area contributed by atoms with Crippen LogP contribution in [0.25, 0.3) is 17.2 Å². The van der Waals surface area contributed by atoms with E-state index in [0.717, 1.165) is 36.1 Å². The van der Waals surface area contributed by atoms with Crippen LogP contribution >= 0.6 is 0 Å². The maximum Gasteiger partial charge on any atom is 0.407 e. The van der Waals surface area contributed by atoms with E-state index in [2.05, 4.69) is 16.4 Å². The fourth-order valence-electron chi connectivity index (χ4n) is 6.32. The van der Waals surface area contributed by atoms with E-state index in [4.69, 9.17) is 9.47 Å². The van der Waals surface area contributed by atoms with E-state index < -0.39 is 12.4 Å². The molecule has 1 aromatic carbocycles. The lowest BCUT2D eigenvalue weighted by Crippen LogP contribution is -2.48. The van der Waals surface area contributed by atoms with Crippen molar-refractivity contribution >= 4 is 18.1 Å². The van der Waals surface area contributed by atoms with Crippen LogP contribution in [0.1, 0.15) is 38.3 Å². The zero-order valence-electron chi connectivity index (χ0n) is 20.2. The van der Waals surface area contributed by atoms with Crippen molar-refractivity contribution < 1.29 is 28.6 Å². The van der Waals surface area contributed by atoms with Gasteiger partial charge in [-0.25, -0.2) is 9.18 Å². The number of aliphatic hydroxyl groups excluding tert-OH is 1. The highest BCUT2D eigenvalue weighted by molar-refractivity contribution is 5.75. The minimum atomic E-state index is -1.11. The Hall–Kier alpha value is -3.26.